The number of nitrogens with one attached hydrogen (secondary N) is 1. The monoisotopic (exact) mass is 475 g/mol. The maximum atomic E-state index is 13.1. The van der Waals surface area contributed by atoms with Crippen LogP contribution < -0.4 is 10.2 Å². The summed E-state index contributed by atoms with van der Waals surface area (Å²) >= 11 is 1.64. The minimum Gasteiger partial charge on any atom is -0.378 e. The molecule has 176 valence electrons. The van der Waals surface area contributed by atoms with Crippen molar-refractivity contribution in [3.8, 4) is 22.4 Å². The van der Waals surface area contributed by atoms with Crippen molar-refractivity contribution in [2.75, 3.05) is 36.5 Å². The molecule has 0 radical (unpaired) electrons. The number of fused-ring (bicyclic) bond motifs is 1. The Morgan fingerprint density at radius 1 is 1.12 bits per heavy atom. The van der Waals surface area contributed by atoms with E-state index in [0.717, 1.165) is 63.0 Å². The molecule has 1 aliphatic heterocycles. The maximum Gasteiger partial charge on any atom is 0.221 e. The summed E-state index contributed by atoms with van der Waals surface area (Å²) in [4.78, 5) is 32.5. The lowest BCUT2D eigenvalue weighted by molar-refractivity contribution is -0.114. The standard InChI is InChI=1S/C27H29N3O3S/c1-17(31)29-20-6-4-5-18(13-20)22-14-19(7-8-28-22)24-21-15-27(2,3)16-23(32)25(21)34-26(24)30-9-11-33-12-10-30/h4-8,13-14H,9-12,15-16H2,1-3H3,(H,29,31). The highest BCUT2D eigenvalue weighted by atomic mass is 32.1. The summed E-state index contributed by atoms with van der Waals surface area (Å²) in [6.07, 6.45) is 3.29. The van der Waals surface area contributed by atoms with Gasteiger partial charge in [0, 0.05) is 49.4 Å². The molecule has 0 unspecified atom stereocenters. The minimum atomic E-state index is -0.105. The van der Waals surface area contributed by atoms with Crippen LogP contribution in [0.15, 0.2) is 42.6 Å². The van der Waals surface area contributed by atoms with Crippen LogP contribution in [-0.4, -0.2) is 43.0 Å². The van der Waals surface area contributed by atoms with Gasteiger partial charge in [0.25, 0.3) is 0 Å². The van der Waals surface area contributed by atoms with Gasteiger partial charge in [-0.1, -0.05) is 26.0 Å². The van der Waals surface area contributed by atoms with Crippen LogP contribution in [0.4, 0.5) is 10.7 Å². The van der Waals surface area contributed by atoms with Crippen molar-refractivity contribution in [1.29, 1.82) is 0 Å². The fourth-order valence-corrected chi connectivity index (χ4v) is 6.22. The molecule has 1 aromatic carbocycles. The number of carbonyl (C=O) groups excluding carboxylic acids is 2. The van der Waals surface area contributed by atoms with E-state index in [2.05, 4.69) is 35.1 Å². The zero-order chi connectivity index (χ0) is 23.9. The van der Waals surface area contributed by atoms with E-state index >= 15 is 0 Å². The fraction of sp³-hybridized carbons (Fsp3) is 0.370. The van der Waals surface area contributed by atoms with E-state index in [1.165, 1.54) is 6.92 Å². The van der Waals surface area contributed by atoms with Crippen LogP contribution in [0.1, 0.15) is 42.4 Å². The molecule has 0 saturated carbocycles. The zero-order valence-corrected chi connectivity index (χ0v) is 20.6. The van der Waals surface area contributed by atoms with Crippen LogP contribution >= 0.6 is 11.3 Å². The number of ketones is 1. The number of ether oxygens (including phenoxy) is 1. The molecule has 1 aliphatic carbocycles. The highest BCUT2D eigenvalue weighted by Gasteiger charge is 2.37. The van der Waals surface area contributed by atoms with Crippen molar-refractivity contribution in [3.05, 3.63) is 53.0 Å². The summed E-state index contributed by atoms with van der Waals surface area (Å²) in [5, 5.41) is 4.00. The topological polar surface area (TPSA) is 71.5 Å². The lowest BCUT2D eigenvalue weighted by atomic mass is 9.75. The maximum absolute atomic E-state index is 13.1. The third-order valence-electron chi connectivity index (χ3n) is 6.36. The molecule has 1 fully saturated rings. The molecule has 7 heteroatoms. The number of thiophene rings is 1. The Hall–Kier alpha value is -3.03. The predicted octanol–water partition coefficient (Wildman–Crippen LogP) is 5.43. The first-order valence-corrected chi connectivity index (χ1v) is 12.5. The first kappa shape index (κ1) is 22.7. The van der Waals surface area contributed by atoms with Crippen molar-refractivity contribution >= 4 is 33.7 Å². The predicted molar refractivity (Wildman–Crippen MR) is 137 cm³/mol. The van der Waals surface area contributed by atoms with Crippen LogP contribution in [0, 0.1) is 5.41 Å². The SMILES string of the molecule is CC(=O)Nc1cccc(-c2cc(-c3c(N4CCOCC4)sc4c3CC(C)(C)CC4=O)ccn2)c1. The molecule has 34 heavy (non-hydrogen) atoms. The van der Waals surface area contributed by atoms with Crippen molar-refractivity contribution in [2.45, 2.75) is 33.6 Å². The number of nitrogens with zero attached hydrogens (tertiary/aromatic N) is 2. The normalized spacial score (nSPS) is 17.4. The molecule has 3 aromatic rings. The summed E-state index contributed by atoms with van der Waals surface area (Å²) in [6.45, 7) is 8.88. The van der Waals surface area contributed by atoms with Crippen LogP contribution in [0.3, 0.4) is 0 Å². The van der Waals surface area contributed by atoms with Crippen molar-refractivity contribution < 1.29 is 14.3 Å². The molecule has 2 aliphatic rings. The van der Waals surface area contributed by atoms with Gasteiger partial charge in [-0.05, 0) is 47.2 Å². The summed E-state index contributed by atoms with van der Waals surface area (Å²) < 4.78 is 5.59. The number of pyridine rings is 1. The Balaban J connectivity index is 1.63. The number of morpholine rings is 1. The fourth-order valence-electron chi connectivity index (χ4n) is 4.89. The number of anilines is 2. The zero-order valence-electron chi connectivity index (χ0n) is 19.8. The number of amides is 1. The van der Waals surface area contributed by atoms with E-state index in [0.29, 0.717) is 19.6 Å². The van der Waals surface area contributed by atoms with Crippen LogP contribution in [-0.2, 0) is 16.0 Å². The molecule has 6 nitrogen and oxygen atoms in total. The molecular weight excluding hydrogens is 446 g/mol. The molecule has 5 rings (SSSR count). The van der Waals surface area contributed by atoms with Gasteiger partial charge in [0.05, 0.1) is 28.8 Å². The van der Waals surface area contributed by atoms with Gasteiger partial charge >= 0.3 is 0 Å². The minimum absolute atomic E-state index is 0.0647. The third-order valence-corrected chi connectivity index (χ3v) is 7.70. The van der Waals surface area contributed by atoms with Gasteiger partial charge < -0.3 is 15.0 Å². The molecule has 1 saturated heterocycles. The summed E-state index contributed by atoms with van der Waals surface area (Å²) in [5.74, 6) is 0.139. The van der Waals surface area contributed by atoms with Crippen LogP contribution in [0.5, 0.6) is 0 Å². The second-order valence-corrected chi connectivity index (χ2v) is 10.8. The molecule has 2 aromatic heterocycles. The average Bonchev–Trinajstić information content (AvgIpc) is 3.18. The van der Waals surface area contributed by atoms with Gasteiger partial charge in [-0.25, -0.2) is 0 Å². The molecule has 0 spiro atoms. The smallest absolute Gasteiger partial charge is 0.221 e. The van der Waals surface area contributed by atoms with E-state index in [1.807, 2.05) is 36.5 Å². The molecule has 1 N–H and O–H groups in total. The number of rotatable bonds is 4. The van der Waals surface area contributed by atoms with Gasteiger partial charge in [0.15, 0.2) is 5.78 Å². The largest absolute Gasteiger partial charge is 0.378 e. The van der Waals surface area contributed by atoms with Crippen molar-refractivity contribution in [3.63, 3.8) is 0 Å². The van der Waals surface area contributed by atoms with E-state index in [1.54, 1.807) is 11.3 Å². The number of Topliss-reactive ketones (excluding diaryl/α,β-unsaturated/α-hetero) is 1. The van der Waals surface area contributed by atoms with Gasteiger partial charge in [0.2, 0.25) is 5.91 Å². The number of hydrogen-bond donors (Lipinski definition) is 1. The quantitative estimate of drug-likeness (QED) is 0.545. The van der Waals surface area contributed by atoms with Crippen LogP contribution in [0.25, 0.3) is 22.4 Å². The van der Waals surface area contributed by atoms with E-state index in [9.17, 15) is 9.59 Å². The third kappa shape index (κ3) is 4.50. The van der Waals surface area contributed by atoms with Crippen molar-refractivity contribution in [2.24, 2.45) is 5.41 Å². The second-order valence-electron chi connectivity index (χ2n) is 9.82. The number of carbonyl (C=O) groups is 2. The van der Waals surface area contributed by atoms with Gasteiger partial charge in [-0.3, -0.25) is 14.6 Å². The first-order valence-electron chi connectivity index (χ1n) is 11.7. The Bertz CT molecular complexity index is 1260. The number of aromatic nitrogens is 1. The van der Waals surface area contributed by atoms with Gasteiger partial charge in [-0.2, -0.15) is 0 Å². The number of benzene rings is 1. The molecule has 0 bridgehead atoms. The first-order chi connectivity index (χ1) is 16.3. The summed E-state index contributed by atoms with van der Waals surface area (Å²) in [6, 6.07) is 11.9. The second kappa shape index (κ2) is 8.96. The summed E-state index contributed by atoms with van der Waals surface area (Å²) in [5.41, 5.74) is 5.83. The van der Waals surface area contributed by atoms with Crippen LogP contribution in [0.2, 0.25) is 0 Å². The average molecular weight is 476 g/mol. The highest BCUT2D eigenvalue weighted by molar-refractivity contribution is 7.19. The van der Waals surface area contributed by atoms with Crippen molar-refractivity contribution in [1.82, 2.24) is 4.98 Å². The highest BCUT2D eigenvalue weighted by Crippen LogP contribution is 2.49. The molecule has 3 heterocycles. The van der Waals surface area contributed by atoms with E-state index in [4.69, 9.17) is 4.74 Å². The number of hydrogen-bond acceptors (Lipinski definition) is 6. The lowest BCUT2D eigenvalue weighted by Crippen LogP contribution is -2.36. The summed E-state index contributed by atoms with van der Waals surface area (Å²) in [7, 11) is 0. The molecule has 1 amide bonds. The molecular formula is C27H29N3O3S. The Morgan fingerprint density at radius 2 is 1.91 bits per heavy atom. The molecule has 0 atom stereocenters. The van der Waals surface area contributed by atoms with Gasteiger partial charge in [0.1, 0.15) is 0 Å². The van der Waals surface area contributed by atoms with E-state index in [-0.39, 0.29) is 17.1 Å². The van der Waals surface area contributed by atoms with E-state index < -0.39 is 0 Å². The Morgan fingerprint density at radius 3 is 2.68 bits per heavy atom. The Labute approximate surface area is 204 Å². The lowest BCUT2D eigenvalue weighted by Gasteiger charge is -2.30. The van der Waals surface area contributed by atoms with Gasteiger partial charge in [-0.15, -0.1) is 11.3 Å². The Kier molecular flexibility index (Phi) is 6.00.